The summed E-state index contributed by atoms with van der Waals surface area (Å²) >= 11 is 0. The fourth-order valence-electron chi connectivity index (χ4n) is 3.43. The Bertz CT molecular complexity index is 1260. The van der Waals surface area contributed by atoms with Crippen molar-refractivity contribution in [3.05, 3.63) is 82.9 Å². The van der Waals surface area contributed by atoms with E-state index in [9.17, 15) is 18.0 Å². The van der Waals surface area contributed by atoms with Gasteiger partial charge in [0.2, 0.25) is 0 Å². The van der Waals surface area contributed by atoms with Crippen molar-refractivity contribution >= 4 is 21.7 Å². The molecule has 160 valence electrons. The molecule has 9 heteroatoms. The number of hydrogen-bond donors (Lipinski definition) is 0. The molecule has 2 aromatic carbocycles. The van der Waals surface area contributed by atoms with Crippen molar-refractivity contribution < 1.29 is 22.7 Å². The molecule has 0 radical (unpaired) electrons. The molecule has 1 aliphatic rings. The zero-order valence-corrected chi connectivity index (χ0v) is 17.9. The summed E-state index contributed by atoms with van der Waals surface area (Å²) in [6, 6.07) is 11.4. The van der Waals surface area contributed by atoms with Crippen molar-refractivity contribution in [1.82, 2.24) is 14.5 Å². The first-order chi connectivity index (χ1) is 14.7. The Morgan fingerprint density at radius 1 is 1.16 bits per heavy atom. The second-order valence-electron chi connectivity index (χ2n) is 7.48. The molecule has 2 heterocycles. The normalized spacial score (nSPS) is 13.4. The first-order valence-electron chi connectivity index (χ1n) is 9.57. The largest absolute Gasteiger partial charge is 0.454 e. The van der Waals surface area contributed by atoms with Crippen LogP contribution in [0.25, 0.3) is 0 Å². The highest BCUT2D eigenvalue weighted by Gasteiger charge is 2.28. The molecule has 0 spiro atoms. The van der Waals surface area contributed by atoms with Crippen LogP contribution in [0.3, 0.4) is 0 Å². The van der Waals surface area contributed by atoms with Crippen LogP contribution in [0.4, 0.5) is 0 Å². The van der Waals surface area contributed by atoms with Gasteiger partial charge in [-0.2, -0.15) is 0 Å². The molecular formula is C22H21N3O5S. The van der Waals surface area contributed by atoms with Crippen molar-refractivity contribution in [2.45, 2.75) is 24.6 Å². The number of aryl methyl sites for hydroxylation is 1. The maximum absolute atomic E-state index is 12.9. The first kappa shape index (κ1) is 20.8. The molecule has 0 saturated carbocycles. The fourth-order valence-corrected chi connectivity index (χ4v) is 4.06. The smallest absolute Gasteiger partial charge is 0.338 e. The lowest BCUT2D eigenvalue weighted by Gasteiger charge is -2.15. The van der Waals surface area contributed by atoms with Gasteiger partial charge in [0.25, 0.3) is 5.91 Å². The molecule has 0 atom stereocenters. The Labute approximate surface area is 180 Å². The van der Waals surface area contributed by atoms with E-state index in [-0.39, 0.29) is 17.4 Å². The Morgan fingerprint density at radius 3 is 2.55 bits per heavy atom. The van der Waals surface area contributed by atoms with Crippen LogP contribution in [0.1, 0.15) is 37.7 Å². The van der Waals surface area contributed by atoms with E-state index in [4.69, 9.17) is 4.74 Å². The lowest BCUT2D eigenvalue weighted by atomic mass is 10.1. The summed E-state index contributed by atoms with van der Waals surface area (Å²) in [6.07, 6.45) is 4.54. The van der Waals surface area contributed by atoms with E-state index in [1.807, 2.05) is 7.05 Å². The fraction of sp³-hybridized carbons (Fsp3) is 0.227. The van der Waals surface area contributed by atoms with E-state index in [1.54, 1.807) is 52.2 Å². The van der Waals surface area contributed by atoms with E-state index in [1.165, 1.54) is 12.1 Å². The molecule has 1 aromatic heterocycles. The number of amides is 1. The Hall–Kier alpha value is -3.46. The molecule has 0 aliphatic carbocycles. The average molecular weight is 439 g/mol. The summed E-state index contributed by atoms with van der Waals surface area (Å²) in [7, 11) is -1.45. The minimum absolute atomic E-state index is 0.0446. The van der Waals surface area contributed by atoms with Gasteiger partial charge in [0.1, 0.15) is 12.4 Å². The molecule has 0 N–H and O–H groups in total. The number of ether oxygens (including phenoxy) is 1. The Balaban J connectivity index is 1.44. The number of rotatable bonds is 6. The number of fused-ring (bicyclic) bond motifs is 1. The zero-order valence-electron chi connectivity index (χ0n) is 17.1. The third kappa shape index (κ3) is 4.36. The number of nitrogens with zero attached hydrogens (tertiary/aromatic N) is 3. The molecule has 1 aliphatic heterocycles. The maximum Gasteiger partial charge on any atom is 0.338 e. The molecule has 1 amide bonds. The van der Waals surface area contributed by atoms with Crippen molar-refractivity contribution in [2.24, 2.45) is 7.05 Å². The van der Waals surface area contributed by atoms with Crippen molar-refractivity contribution in [3.63, 3.8) is 0 Å². The SMILES string of the molecule is Cn1ccnc1COC(=O)c1ccc2c(c1)C(=O)N(Cc1ccc(S(C)(=O)=O)cc1)C2. The standard InChI is InChI=1S/C22H21N3O5S/c1-24-10-9-23-20(24)14-30-22(27)16-5-6-17-13-25(21(26)19(17)11-16)12-15-3-7-18(8-4-15)31(2,28)29/h3-11H,12-14H2,1-2H3. The van der Waals surface area contributed by atoms with Gasteiger partial charge in [-0.05, 0) is 35.4 Å². The van der Waals surface area contributed by atoms with Gasteiger partial charge < -0.3 is 14.2 Å². The number of benzene rings is 2. The van der Waals surface area contributed by atoms with Crippen molar-refractivity contribution in [1.29, 1.82) is 0 Å². The number of carbonyl (C=O) groups is 2. The van der Waals surface area contributed by atoms with Crippen LogP contribution >= 0.6 is 0 Å². The summed E-state index contributed by atoms with van der Waals surface area (Å²) in [5.74, 6) is -0.0759. The third-order valence-electron chi connectivity index (χ3n) is 5.20. The van der Waals surface area contributed by atoms with Crippen LogP contribution in [0, 0.1) is 0 Å². The van der Waals surface area contributed by atoms with Crippen LogP contribution < -0.4 is 0 Å². The van der Waals surface area contributed by atoms with Gasteiger partial charge in [-0.25, -0.2) is 18.2 Å². The zero-order chi connectivity index (χ0) is 22.2. The molecule has 0 unspecified atom stereocenters. The summed E-state index contributed by atoms with van der Waals surface area (Å²) in [4.78, 5) is 31.3. The van der Waals surface area contributed by atoms with Gasteiger partial charge in [0, 0.05) is 44.4 Å². The van der Waals surface area contributed by atoms with E-state index >= 15 is 0 Å². The summed E-state index contributed by atoms with van der Waals surface area (Å²) < 4.78 is 30.3. The van der Waals surface area contributed by atoms with Gasteiger partial charge in [0.15, 0.2) is 9.84 Å². The van der Waals surface area contributed by atoms with Gasteiger partial charge in [0.05, 0.1) is 10.5 Å². The number of imidazole rings is 1. The monoisotopic (exact) mass is 439 g/mol. The molecule has 0 fully saturated rings. The summed E-state index contributed by atoms with van der Waals surface area (Å²) in [5.41, 5.74) is 2.43. The number of esters is 1. The number of carbonyl (C=O) groups excluding carboxylic acids is 2. The van der Waals surface area contributed by atoms with Crippen LogP contribution in [0.5, 0.6) is 0 Å². The molecule has 31 heavy (non-hydrogen) atoms. The highest BCUT2D eigenvalue weighted by molar-refractivity contribution is 7.90. The molecule has 0 saturated heterocycles. The van der Waals surface area contributed by atoms with Crippen LogP contribution in [-0.4, -0.2) is 41.0 Å². The average Bonchev–Trinajstić information content (AvgIpc) is 3.28. The van der Waals surface area contributed by atoms with Crippen molar-refractivity contribution in [2.75, 3.05) is 6.26 Å². The van der Waals surface area contributed by atoms with Gasteiger partial charge >= 0.3 is 5.97 Å². The summed E-state index contributed by atoms with van der Waals surface area (Å²) in [6.45, 7) is 0.810. The first-order valence-corrected chi connectivity index (χ1v) is 11.5. The highest BCUT2D eigenvalue weighted by atomic mass is 32.2. The van der Waals surface area contributed by atoms with Crippen molar-refractivity contribution in [3.8, 4) is 0 Å². The second kappa shape index (κ2) is 7.99. The van der Waals surface area contributed by atoms with E-state index in [0.29, 0.717) is 30.0 Å². The molecule has 3 aromatic rings. The Morgan fingerprint density at radius 2 is 1.90 bits per heavy atom. The molecule has 4 rings (SSSR count). The van der Waals surface area contributed by atoms with E-state index in [2.05, 4.69) is 4.98 Å². The lowest BCUT2D eigenvalue weighted by molar-refractivity contribution is 0.0459. The van der Waals surface area contributed by atoms with Crippen LogP contribution in [0.15, 0.2) is 59.8 Å². The number of aromatic nitrogens is 2. The van der Waals surface area contributed by atoms with E-state index < -0.39 is 15.8 Å². The quantitative estimate of drug-likeness (QED) is 0.547. The predicted octanol–water partition coefficient (Wildman–Crippen LogP) is 2.34. The Kier molecular flexibility index (Phi) is 5.36. The van der Waals surface area contributed by atoms with Gasteiger partial charge in [-0.1, -0.05) is 18.2 Å². The number of sulfone groups is 1. The predicted molar refractivity (Wildman–Crippen MR) is 112 cm³/mol. The van der Waals surface area contributed by atoms with E-state index in [0.717, 1.165) is 17.4 Å². The molecule has 8 nitrogen and oxygen atoms in total. The summed E-state index contributed by atoms with van der Waals surface area (Å²) in [5, 5.41) is 0. The third-order valence-corrected chi connectivity index (χ3v) is 6.33. The minimum Gasteiger partial charge on any atom is -0.454 e. The second-order valence-corrected chi connectivity index (χ2v) is 9.50. The topological polar surface area (TPSA) is 98.6 Å². The number of hydrogen-bond acceptors (Lipinski definition) is 6. The van der Waals surface area contributed by atoms with Gasteiger partial charge in [-0.3, -0.25) is 4.79 Å². The lowest BCUT2D eigenvalue weighted by Crippen LogP contribution is -2.23. The maximum atomic E-state index is 12.9. The highest BCUT2D eigenvalue weighted by Crippen LogP contribution is 2.26. The molecular weight excluding hydrogens is 418 g/mol. The van der Waals surface area contributed by atoms with Gasteiger partial charge in [-0.15, -0.1) is 0 Å². The van der Waals surface area contributed by atoms with Crippen LogP contribution in [0.2, 0.25) is 0 Å². The minimum atomic E-state index is -3.27. The van der Waals surface area contributed by atoms with Crippen LogP contribution in [-0.2, 0) is 41.3 Å². The molecule has 0 bridgehead atoms.